The summed E-state index contributed by atoms with van der Waals surface area (Å²) in [6.07, 6.45) is 9.41. The molecule has 65 heavy (non-hydrogen) atoms. The molecule has 2 aromatic heterocycles. The third-order valence-electron chi connectivity index (χ3n) is 13.7. The monoisotopic (exact) mass is 837 g/mol. The summed E-state index contributed by atoms with van der Waals surface area (Å²) >= 11 is 0. The van der Waals surface area contributed by atoms with E-state index in [-0.39, 0.29) is 5.41 Å². The highest BCUT2D eigenvalue weighted by Gasteiger charge is 2.40. The minimum absolute atomic E-state index is 0.240. The molecule has 10 aromatic rings. The lowest BCUT2D eigenvalue weighted by Gasteiger charge is -2.26. The first kappa shape index (κ1) is 39.9. The molecular formula is C62H51N3. The van der Waals surface area contributed by atoms with Crippen LogP contribution in [-0.2, 0) is 11.8 Å². The van der Waals surface area contributed by atoms with E-state index in [1.54, 1.807) is 0 Å². The van der Waals surface area contributed by atoms with E-state index >= 15 is 0 Å². The Morgan fingerprint density at radius 3 is 1.83 bits per heavy atom. The van der Waals surface area contributed by atoms with Gasteiger partial charge in [0.25, 0.3) is 0 Å². The van der Waals surface area contributed by atoms with Gasteiger partial charge in [-0.3, -0.25) is 0 Å². The summed E-state index contributed by atoms with van der Waals surface area (Å²) in [7, 11) is 0. The second-order valence-electron chi connectivity index (χ2n) is 17.6. The van der Waals surface area contributed by atoms with Gasteiger partial charge >= 0.3 is 0 Å². The van der Waals surface area contributed by atoms with Crippen molar-refractivity contribution in [2.24, 2.45) is 0 Å². The maximum absolute atomic E-state index is 4.38. The topological polar surface area (TPSA) is 13.1 Å². The number of hydrogen-bond acceptors (Lipinski definition) is 1. The molecule has 3 nitrogen and oxygen atoms in total. The summed E-state index contributed by atoms with van der Waals surface area (Å²) in [5.41, 5.74) is 21.4. The van der Waals surface area contributed by atoms with Gasteiger partial charge in [-0.2, -0.15) is 0 Å². The molecule has 0 atom stereocenters. The molecule has 0 amide bonds. The Kier molecular flexibility index (Phi) is 9.66. The van der Waals surface area contributed by atoms with Crippen molar-refractivity contribution >= 4 is 68.0 Å². The van der Waals surface area contributed by atoms with Gasteiger partial charge in [0.1, 0.15) is 0 Å². The fourth-order valence-corrected chi connectivity index (χ4v) is 10.9. The lowest BCUT2D eigenvalue weighted by Crippen LogP contribution is -2.17. The molecule has 0 N–H and O–H groups in total. The van der Waals surface area contributed by atoms with Gasteiger partial charge in [-0.15, -0.1) is 0 Å². The summed E-state index contributed by atoms with van der Waals surface area (Å²) in [5.74, 6) is 0. The molecule has 0 radical (unpaired) electrons. The number of benzene rings is 8. The molecule has 8 aromatic carbocycles. The molecule has 0 saturated carbocycles. The van der Waals surface area contributed by atoms with Gasteiger partial charge in [-0.05, 0) is 137 Å². The van der Waals surface area contributed by atoms with Gasteiger partial charge in [-0.1, -0.05) is 155 Å². The molecule has 0 aliphatic heterocycles. The van der Waals surface area contributed by atoms with Crippen LogP contribution in [-0.4, -0.2) is 9.13 Å². The van der Waals surface area contributed by atoms with E-state index < -0.39 is 0 Å². The Balaban J connectivity index is 1.03. The van der Waals surface area contributed by atoms with Gasteiger partial charge in [0, 0.05) is 61.3 Å². The standard InChI is InChI=1S/C62H51N3/c1-7-21-50-53-40-42(32-39-57(53)64(55(50)10-4)44-24-15-12-16-25-44)41-30-33-45(34-31-41)63(43-22-13-11-14-23-43)46-35-37-47(38-36-46)65-56-29-20-18-27-52(56)59-49(9-3)48(8-2)58-51-26-17-19-28-54(51)62(5,6)60(58)61(59)65/h7-9,11-40H,2-3,10H2,1,4-6H3/b21-7-. The zero-order valence-corrected chi connectivity index (χ0v) is 37.5. The molecule has 0 bridgehead atoms. The summed E-state index contributed by atoms with van der Waals surface area (Å²) < 4.78 is 4.91. The number of nitrogens with zero attached hydrogens (tertiary/aromatic N) is 3. The van der Waals surface area contributed by atoms with E-state index in [9.17, 15) is 0 Å². The molecule has 1 aliphatic carbocycles. The predicted octanol–water partition coefficient (Wildman–Crippen LogP) is 17.1. The third kappa shape index (κ3) is 6.10. The fraction of sp³-hybridized carbons (Fsp3) is 0.0968. The molecule has 3 heteroatoms. The minimum Gasteiger partial charge on any atom is -0.313 e. The first-order valence-corrected chi connectivity index (χ1v) is 22.8. The van der Waals surface area contributed by atoms with Gasteiger partial charge in [0.2, 0.25) is 0 Å². The van der Waals surface area contributed by atoms with Crippen LogP contribution in [0.4, 0.5) is 17.1 Å². The van der Waals surface area contributed by atoms with Crippen LogP contribution >= 0.6 is 0 Å². The van der Waals surface area contributed by atoms with Crippen LogP contribution in [0.3, 0.4) is 0 Å². The first-order chi connectivity index (χ1) is 31.9. The van der Waals surface area contributed by atoms with Crippen molar-refractivity contribution in [3.05, 3.63) is 229 Å². The van der Waals surface area contributed by atoms with E-state index in [1.807, 2.05) is 12.2 Å². The molecule has 0 unspecified atom stereocenters. The second kappa shape index (κ2) is 15.7. The average molecular weight is 838 g/mol. The Labute approximate surface area is 382 Å². The summed E-state index contributed by atoms with van der Waals surface area (Å²) in [5, 5.41) is 3.69. The Hall–Kier alpha value is -7.88. The van der Waals surface area contributed by atoms with Gasteiger partial charge in [-0.25, -0.2) is 0 Å². The van der Waals surface area contributed by atoms with E-state index in [1.165, 1.54) is 83.0 Å². The third-order valence-corrected chi connectivity index (χ3v) is 13.7. The number of hydrogen-bond donors (Lipinski definition) is 0. The Morgan fingerprint density at radius 2 is 1.14 bits per heavy atom. The van der Waals surface area contributed by atoms with Crippen molar-refractivity contribution in [2.75, 3.05) is 4.90 Å². The SMILES string of the molecule is C=Cc1c2c(c3c(c1C=C)c1ccccc1n3-c1ccc(N(c3ccccc3)c3ccc(-c4ccc5c(c4)c(/C=C\C)c(CC)n5-c4ccccc4)cc3)cc1)C(C)(C)c1ccccc1-2. The number of allylic oxidation sites excluding steroid dienone is 1. The maximum Gasteiger partial charge on any atom is 0.0594 e. The van der Waals surface area contributed by atoms with Crippen LogP contribution in [0.1, 0.15) is 61.2 Å². The molecule has 314 valence electrons. The zero-order valence-electron chi connectivity index (χ0n) is 37.5. The van der Waals surface area contributed by atoms with Crippen LogP contribution < -0.4 is 4.90 Å². The van der Waals surface area contributed by atoms with Crippen molar-refractivity contribution < 1.29 is 0 Å². The second-order valence-corrected chi connectivity index (χ2v) is 17.6. The van der Waals surface area contributed by atoms with Gasteiger partial charge < -0.3 is 14.0 Å². The van der Waals surface area contributed by atoms with Crippen molar-refractivity contribution in [3.63, 3.8) is 0 Å². The lowest BCUT2D eigenvalue weighted by atomic mass is 9.80. The number of fused-ring (bicyclic) bond motifs is 8. The van der Waals surface area contributed by atoms with E-state index in [4.69, 9.17) is 0 Å². The Bertz CT molecular complexity index is 3510. The maximum atomic E-state index is 4.38. The van der Waals surface area contributed by atoms with Crippen LogP contribution in [0, 0.1) is 0 Å². The minimum atomic E-state index is -0.240. The van der Waals surface area contributed by atoms with Crippen molar-refractivity contribution in [2.45, 2.75) is 39.5 Å². The van der Waals surface area contributed by atoms with Crippen LogP contribution in [0.25, 0.3) is 84.6 Å². The van der Waals surface area contributed by atoms with Crippen LogP contribution in [0.2, 0.25) is 0 Å². The quantitative estimate of drug-likeness (QED) is 0.134. The van der Waals surface area contributed by atoms with E-state index in [0.717, 1.165) is 40.3 Å². The molecule has 2 heterocycles. The fourth-order valence-electron chi connectivity index (χ4n) is 10.9. The largest absolute Gasteiger partial charge is 0.313 e. The smallest absolute Gasteiger partial charge is 0.0594 e. The first-order valence-electron chi connectivity index (χ1n) is 22.8. The van der Waals surface area contributed by atoms with Gasteiger partial charge in [0.05, 0.1) is 16.6 Å². The number of rotatable bonds is 10. The summed E-state index contributed by atoms with van der Waals surface area (Å²) in [4.78, 5) is 2.35. The molecule has 11 rings (SSSR count). The van der Waals surface area contributed by atoms with Crippen molar-refractivity contribution in [1.82, 2.24) is 9.13 Å². The lowest BCUT2D eigenvalue weighted by molar-refractivity contribution is 0.664. The Morgan fingerprint density at radius 1 is 0.554 bits per heavy atom. The normalized spacial score (nSPS) is 12.9. The van der Waals surface area contributed by atoms with E-state index in [2.05, 4.69) is 243 Å². The van der Waals surface area contributed by atoms with E-state index in [0.29, 0.717) is 0 Å². The highest BCUT2D eigenvalue weighted by molar-refractivity contribution is 6.18. The van der Waals surface area contributed by atoms with Crippen LogP contribution in [0.15, 0.2) is 195 Å². The van der Waals surface area contributed by atoms with Crippen molar-refractivity contribution in [3.8, 4) is 33.6 Å². The van der Waals surface area contributed by atoms with Crippen molar-refractivity contribution in [1.29, 1.82) is 0 Å². The highest BCUT2D eigenvalue weighted by Crippen LogP contribution is 2.56. The van der Waals surface area contributed by atoms with Crippen LogP contribution in [0.5, 0.6) is 0 Å². The predicted molar refractivity (Wildman–Crippen MR) is 280 cm³/mol. The summed E-state index contributed by atoms with van der Waals surface area (Å²) in [6, 6.07) is 64.1. The number of anilines is 3. The molecule has 1 aliphatic rings. The zero-order chi connectivity index (χ0) is 44.4. The molecular weight excluding hydrogens is 787 g/mol. The molecule has 0 fully saturated rings. The average Bonchev–Trinajstić information content (AvgIpc) is 3.94. The summed E-state index contributed by atoms with van der Waals surface area (Å²) in [6.45, 7) is 17.8. The molecule has 0 spiro atoms. The number of aromatic nitrogens is 2. The van der Waals surface area contributed by atoms with Gasteiger partial charge in [0.15, 0.2) is 0 Å². The number of para-hydroxylation sites is 3. The highest BCUT2D eigenvalue weighted by atomic mass is 15.1. The molecule has 0 saturated heterocycles.